The summed E-state index contributed by atoms with van der Waals surface area (Å²) >= 11 is 0. The maximum Gasteiger partial charge on any atom is 0.129 e. The topological polar surface area (TPSA) is 23.5 Å². The zero-order chi connectivity index (χ0) is 16.2. The first-order chi connectivity index (χ1) is 11.1. The van der Waals surface area contributed by atoms with Gasteiger partial charge in [0.2, 0.25) is 0 Å². The molecule has 0 amide bonds. The minimum atomic E-state index is -1.03. The zero-order valence-corrected chi connectivity index (χ0v) is 12.8. The second-order valence-corrected chi connectivity index (χ2v) is 5.79. The fraction of sp³-hybridized carbons (Fsp3) is 0.263. The van der Waals surface area contributed by atoms with Gasteiger partial charge in [-0.3, -0.25) is 4.90 Å². The van der Waals surface area contributed by atoms with Gasteiger partial charge in [0.25, 0.3) is 0 Å². The van der Waals surface area contributed by atoms with Crippen molar-refractivity contribution < 1.29 is 13.9 Å². The number of nitrogens with zero attached hydrogens (tertiary/aromatic N) is 1. The fourth-order valence-corrected chi connectivity index (χ4v) is 2.90. The molecule has 2 aromatic rings. The maximum atomic E-state index is 13.7. The number of hydrogen-bond acceptors (Lipinski definition) is 2. The summed E-state index contributed by atoms with van der Waals surface area (Å²) in [6.45, 7) is 1.77. The molecule has 0 saturated carbocycles. The summed E-state index contributed by atoms with van der Waals surface area (Å²) in [4.78, 5) is 2.04. The van der Waals surface area contributed by atoms with Gasteiger partial charge in [-0.15, -0.1) is 0 Å². The minimum Gasteiger partial charge on any atom is -0.387 e. The molecule has 0 saturated heterocycles. The van der Waals surface area contributed by atoms with Crippen LogP contribution in [0.15, 0.2) is 54.6 Å². The van der Waals surface area contributed by atoms with Crippen molar-refractivity contribution in [1.82, 2.24) is 4.90 Å². The molecule has 1 atom stereocenters. The Labute approximate surface area is 134 Å². The van der Waals surface area contributed by atoms with Gasteiger partial charge in [0, 0.05) is 25.2 Å². The van der Waals surface area contributed by atoms with E-state index in [4.69, 9.17) is 0 Å². The lowest BCUT2D eigenvalue weighted by molar-refractivity contribution is 0.115. The van der Waals surface area contributed by atoms with E-state index in [2.05, 4.69) is 18.2 Å². The lowest BCUT2D eigenvalue weighted by atomic mass is 9.99. The first-order valence-corrected chi connectivity index (χ1v) is 7.73. The number of benzene rings is 2. The highest BCUT2D eigenvalue weighted by Crippen LogP contribution is 2.24. The molecule has 23 heavy (non-hydrogen) atoms. The Balaban J connectivity index is 1.64. The van der Waals surface area contributed by atoms with E-state index in [-0.39, 0.29) is 5.56 Å². The van der Waals surface area contributed by atoms with Crippen LogP contribution in [-0.2, 0) is 0 Å². The highest BCUT2D eigenvalue weighted by Gasteiger charge is 2.19. The minimum absolute atomic E-state index is 0.0165. The van der Waals surface area contributed by atoms with E-state index in [1.54, 1.807) is 0 Å². The molecule has 3 rings (SSSR count). The molecular weight excluding hydrogens is 296 g/mol. The molecule has 1 unspecified atom stereocenters. The fourth-order valence-electron chi connectivity index (χ4n) is 2.90. The van der Waals surface area contributed by atoms with Crippen LogP contribution in [0.2, 0.25) is 0 Å². The Hall–Kier alpha value is -2.04. The number of halogens is 2. The monoisotopic (exact) mass is 315 g/mol. The third-order valence-electron chi connectivity index (χ3n) is 4.19. The average molecular weight is 315 g/mol. The molecular formula is C19H19F2NO. The van der Waals surface area contributed by atoms with Crippen molar-refractivity contribution in [3.63, 3.8) is 0 Å². The van der Waals surface area contributed by atoms with Crippen molar-refractivity contribution in [2.24, 2.45) is 0 Å². The van der Waals surface area contributed by atoms with Crippen LogP contribution in [0.4, 0.5) is 8.78 Å². The molecule has 1 heterocycles. The van der Waals surface area contributed by atoms with Gasteiger partial charge in [-0.2, -0.15) is 0 Å². The van der Waals surface area contributed by atoms with Crippen LogP contribution in [0.25, 0.3) is 5.57 Å². The van der Waals surface area contributed by atoms with E-state index in [1.165, 1.54) is 11.1 Å². The van der Waals surface area contributed by atoms with Gasteiger partial charge < -0.3 is 5.11 Å². The molecule has 0 radical (unpaired) electrons. The molecule has 0 fully saturated rings. The number of β-amino-alcohol motifs (C(OH)–C–C–N with tert-alkyl or cyclic N) is 1. The number of aliphatic hydroxyl groups excluding tert-OH is 1. The third kappa shape index (κ3) is 3.84. The van der Waals surface area contributed by atoms with Crippen LogP contribution in [0.1, 0.15) is 23.7 Å². The molecule has 2 aromatic carbocycles. The Morgan fingerprint density at radius 2 is 1.87 bits per heavy atom. The summed E-state index contributed by atoms with van der Waals surface area (Å²) in [6.07, 6.45) is 1.98. The Bertz CT molecular complexity index is 700. The predicted molar refractivity (Wildman–Crippen MR) is 86.8 cm³/mol. The molecule has 0 aromatic heterocycles. The lowest BCUT2D eigenvalue weighted by Crippen LogP contribution is -2.32. The maximum absolute atomic E-state index is 13.7. The first-order valence-electron chi connectivity index (χ1n) is 7.73. The third-order valence-corrected chi connectivity index (χ3v) is 4.19. The summed E-state index contributed by atoms with van der Waals surface area (Å²) in [6, 6.07) is 13.4. The summed E-state index contributed by atoms with van der Waals surface area (Å²) in [7, 11) is 0. The standard InChI is InChI=1S/C19H19F2NO/c20-16-6-7-18(21)17(12-16)19(23)13-22-10-8-15(9-11-22)14-4-2-1-3-5-14/h1-8,12,19,23H,9-11,13H2. The molecule has 1 aliphatic heterocycles. The predicted octanol–water partition coefficient (Wildman–Crippen LogP) is 3.79. The Kier molecular flexibility index (Phi) is 4.84. The smallest absolute Gasteiger partial charge is 0.129 e. The van der Waals surface area contributed by atoms with Gasteiger partial charge >= 0.3 is 0 Å². The average Bonchev–Trinajstić information content (AvgIpc) is 2.58. The van der Waals surface area contributed by atoms with Crippen LogP contribution in [0.3, 0.4) is 0 Å². The Morgan fingerprint density at radius 3 is 2.57 bits per heavy atom. The number of hydrogen-bond donors (Lipinski definition) is 1. The lowest BCUT2D eigenvalue weighted by Gasteiger charge is -2.28. The van der Waals surface area contributed by atoms with Crippen LogP contribution >= 0.6 is 0 Å². The van der Waals surface area contributed by atoms with Crippen LogP contribution in [0, 0.1) is 11.6 Å². The van der Waals surface area contributed by atoms with Crippen molar-refractivity contribution in [1.29, 1.82) is 0 Å². The molecule has 1 aliphatic rings. The highest BCUT2D eigenvalue weighted by atomic mass is 19.1. The summed E-state index contributed by atoms with van der Waals surface area (Å²) in [5.41, 5.74) is 2.51. The van der Waals surface area contributed by atoms with Gasteiger partial charge in [0.15, 0.2) is 0 Å². The summed E-state index contributed by atoms with van der Waals surface area (Å²) < 4.78 is 26.9. The van der Waals surface area contributed by atoms with Gasteiger partial charge in [-0.1, -0.05) is 36.4 Å². The molecule has 2 nitrogen and oxygen atoms in total. The van der Waals surface area contributed by atoms with Crippen LogP contribution in [0.5, 0.6) is 0 Å². The van der Waals surface area contributed by atoms with Gasteiger partial charge in [0.1, 0.15) is 11.6 Å². The van der Waals surface area contributed by atoms with Gasteiger partial charge in [-0.25, -0.2) is 8.78 Å². The SMILES string of the molecule is OC(CN1CC=C(c2ccccc2)CC1)c1cc(F)ccc1F. The molecule has 120 valence electrons. The largest absolute Gasteiger partial charge is 0.387 e. The van der Waals surface area contributed by atoms with E-state index in [0.29, 0.717) is 13.1 Å². The summed E-state index contributed by atoms with van der Waals surface area (Å²) in [5, 5.41) is 10.2. The quantitative estimate of drug-likeness (QED) is 0.928. The van der Waals surface area contributed by atoms with E-state index in [0.717, 1.165) is 31.2 Å². The second-order valence-electron chi connectivity index (χ2n) is 5.79. The van der Waals surface area contributed by atoms with Crippen molar-refractivity contribution in [3.8, 4) is 0 Å². The van der Waals surface area contributed by atoms with Crippen molar-refractivity contribution in [3.05, 3.63) is 77.4 Å². The van der Waals surface area contributed by atoms with Crippen molar-refractivity contribution >= 4 is 5.57 Å². The van der Waals surface area contributed by atoms with Gasteiger partial charge in [-0.05, 0) is 35.8 Å². The molecule has 4 heteroatoms. The molecule has 0 aliphatic carbocycles. The second kappa shape index (κ2) is 7.02. The molecule has 0 spiro atoms. The Morgan fingerprint density at radius 1 is 1.09 bits per heavy atom. The number of aliphatic hydroxyl groups is 1. The van der Waals surface area contributed by atoms with Crippen LogP contribution < -0.4 is 0 Å². The van der Waals surface area contributed by atoms with Crippen molar-refractivity contribution in [2.75, 3.05) is 19.6 Å². The van der Waals surface area contributed by atoms with E-state index in [9.17, 15) is 13.9 Å². The molecule has 1 N–H and O–H groups in total. The highest BCUT2D eigenvalue weighted by molar-refractivity contribution is 5.66. The normalized spacial score (nSPS) is 16.9. The first kappa shape index (κ1) is 15.8. The van der Waals surface area contributed by atoms with E-state index >= 15 is 0 Å². The van der Waals surface area contributed by atoms with Crippen molar-refractivity contribution in [2.45, 2.75) is 12.5 Å². The van der Waals surface area contributed by atoms with Gasteiger partial charge in [0.05, 0.1) is 6.10 Å². The number of rotatable bonds is 4. The van der Waals surface area contributed by atoms with E-state index in [1.807, 2.05) is 23.1 Å². The van der Waals surface area contributed by atoms with Crippen LogP contribution in [-0.4, -0.2) is 29.6 Å². The zero-order valence-electron chi connectivity index (χ0n) is 12.8. The summed E-state index contributed by atoms with van der Waals surface area (Å²) in [5.74, 6) is -1.11. The molecule has 0 bridgehead atoms. The van der Waals surface area contributed by atoms with E-state index < -0.39 is 17.7 Å².